The predicted molar refractivity (Wildman–Crippen MR) is 46.6 cm³/mol. The van der Waals surface area contributed by atoms with Crippen molar-refractivity contribution in [2.45, 2.75) is 12.3 Å². The van der Waals surface area contributed by atoms with Crippen LogP contribution in [0.1, 0.15) is 18.1 Å². The van der Waals surface area contributed by atoms with Gasteiger partial charge in [0.25, 0.3) is 0 Å². The van der Waals surface area contributed by atoms with Crippen LogP contribution in [-0.4, -0.2) is 13.1 Å². The van der Waals surface area contributed by atoms with Gasteiger partial charge in [0, 0.05) is 12.5 Å². The highest BCUT2D eigenvalue weighted by Gasteiger charge is 2.19. The maximum absolute atomic E-state index is 5.36. The number of nitrogens with one attached hydrogen (secondary N) is 1. The molecule has 0 amide bonds. The molecule has 1 aliphatic heterocycles. The van der Waals surface area contributed by atoms with Crippen molar-refractivity contribution in [3.63, 3.8) is 0 Å². The number of rotatable bonds is 1. The van der Waals surface area contributed by atoms with Crippen LogP contribution in [-0.2, 0) is 0 Å². The van der Waals surface area contributed by atoms with Gasteiger partial charge in [0.2, 0.25) is 0 Å². The summed E-state index contributed by atoms with van der Waals surface area (Å²) in [5, 5.41) is 3.30. The van der Waals surface area contributed by atoms with Crippen molar-refractivity contribution in [1.29, 1.82) is 0 Å². The third kappa shape index (κ3) is 1.49. The summed E-state index contributed by atoms with van der Waals surface area (Å²) in [5.74, 6) is 1.68. The van der Waals surface area contributed by atoms with E-state index in [0.717, 1.165) is 23.3 Å². The monoisotopic (exact) mass is 215 g/mol. The molecule has 3 heteroatoms. The molecule has 0 aromatic carbocycles. The van der Waals surface area contributed by atoms with Crippen molar-refractivity contribution >= 4 is 15.9 Å². The molecule has 1 aliphatic rings. The summed E-state index contributed by atoms with van der Waals surface area (Å²) in [4.78, 5) is 0. The highest BCUT2D eigenvalue weighted by atomic mass is 79.9. The molecule has 1 unspecified atom stereocenters. The Bertz CT molecular complexity index is 240. The Morgan fingerprint density at radius 1 is 1.64 bits per heavy atom. The van der Waals surface area contributed by atoms with Crippen LogP contribution in [0.3, 0.4) is 0 Å². The van der Waals surface area contributed by atoms with Gasteiger partial charge in [-0.2, -0.15) is 0 Å². The second-order valence-electron chi connectivity index (χ2n) is 2.86. The van der Waals surface area contributed by atoms with E-state index < -0.39 is 0 Å². The van der Waals surface area contributed by atoms with E-state index in [1.54, 1.807) is 6.26 Å². The molecule has 1 aromatic heterocycles. The largest absolute Gasteiger partial charge is 0.468 e. The molecule has 1 fully saturated rings. The smallest absolute Gasteiger partial charge is 0.109 e. The number of hydrogen-bond donors (Lipinski definition) is 1. The summed E-state index contributed by atoms with van der Waals surface area (Å²) in [5.41, 5.74) is 0. The summed E-state index contributed by atoms with van der Waals surface area (Å²) in [6.45, 7) is 2.17. The molecule has 1 saturated heterocycles. The van der Waals surface area contributed by atoms with Crippen LogP contribution in [0.4, 0.5) is 0 Å². The lowest BCUT2D eigenvalue weighted by atomic mass is 10.1. The molecule has 11 heavy (non-hydrogen) atoms. The normalized spacial score (nSPS) is 24.3. The Balaban J connectivity index is 2.15. The third-order valence-corrected chi connectivity index (χ3v) is 2.47. The van der Waals surface area contributed by atoms with Crippen LogP contribution in [0.5, 0.6) is 0 Å². The zero-order chi connectivity index (χ0) is 7.68. The lowest BCUT2D eigenvalue weighted by Gasteiger charge is -2.01. The Morgan fingerprint density at radius 3 is 3.09 bits per heavy atom. The van der Waals surface area contributed by atoms with Crippen LogP contribution in [0.25, 0.3) is 0 Å². The van der Waals surface area contributed by atoms with E-state index >= 15 is 0 Å². The quantitative estimate of drug-likeness (QED) is 0.777. The Kier molecular flexibility index (Phi) is 2.00. The molecule has 1 aromatic rings. The molecule has 0 bridgehead atoms. The molecule has 2 nitrogen and oxygen atoms in total. The fraction of sp³-hybridized carbons (Fsp3) is 0.500. The van der Waals surface area contributed by atoms with Crippen LogP contribution < -0.4 is 5.32 Å². The van der Waals surface area contributed by atoms with Gasteiger partial charge in [-0.1, -0.05) is 0 Å². The van der Waals surface area contributed by atoms with E-state index in [9.17, 15) is 0 Å². The fourth-order valence-electron chi connectivity index (χ4n) is 1.44. The van der Waals surface area contributed by atoms with Crippen molar-refractivity contribution in [3.05, 3.63) is 22.6 Å². The van der Waals surface area contributed by atoms with Crippen molar-refractivity contribution in [2.24, 2.45) is 0 Å². The lowest BCUT2D eigenvalue weighted by molar-refractivity contribution is 0.473. The van der Waals surface area contributed by atoms with Crippen molar-refractivity contribution in [3.8, 4) is 0 Å². The average Bonchev–Trinajstić information content (AvgIpc) is 2.55. The van der Waals surface area contributed by atoms with E-state index in [0.29, 0.717) is 5.92 Å². The fourth-order valence-corrected chi connectivity index (χ4v) is 1.76. The highest BCUT2D eigenvalue weighted by molar-refractivity contribution is 9.10. The summed E-state index contributed by atoms with van der Waals surface area (Å²) in [6.07, 6.45) is 2.94. The van der Waals surface area contributed by atoms with Gasteiger partial charge in [0.05, 0.1) is 4.47 Å². The minimum Gasteiger partial charge on any atom is -0.468 e. The summed E-state index contributed by atoms with van der Waals surface area (Å²) >= 11 is 3.37. The lowest BCUT2D eigenvalue weighted by Crippen LogP contribution is -2.07. The van der Waals surface area contributed by atoms with Gasteiger partial charge >= 0.3 is 0 Å². The zero-order valence-corrected chi connectivity index (χ0v) is 7.73. The van der Waals surface area contributed by atoms with Gasteiger partial charge in [0.1, 0.15) is 12.0 Å². The maximum Gasteiger partial charge on any atom is 0.109 e. The zero-order valence-electron chi connectivity index (χ0n) is 6.14. The molecule has 2 rings (SSSR count). The summed E-state index contributed by atoms with van der Waals surface area (Å²) in [6, 6.07) is 2.05. The minimum atomic E-state index is 0.585. The van der Waals surface area contributed by atoms with Crippen LogP contribution >= 0.6 is 15.9 Å². The van der Waals surface area contributed by atoms with E-state index in [-0.39, 0.29) is 0 Å². The topological polar surface area (TPSA) is 25.2 Å². The minimum absolute atomic E-state index is 0.585. The van der Waals surface area contributed by atoms with Gasteiger partial charge in [-0.05, 0) is 35.0 Å². The van der Waals surface area contributed by atoms with Crippen LogP contribution in [0.15, 0.2) is 21.2 Å². The van der Waals surface area contributed by atoms with E-state index in [4.69, 9.17) is 4.42 Å². The molecule has 1 N–H and O–H groups in total. The molecular formula is C8H10BrNO. The van der Waals surface area contributed by atoms with E-state index in [1.807, 2.05) is 0 Å². The van der Waals surface area contributed by atoms with Gasteiger partial charge in [0.15, 0.2) is 0 Å². The van der Waals surface area contributed by atoms with Gasteiger partial charge in [-0.3, -0.25) is 0 Å². The van der Waals surface area contributed by atoms with Crippen LogP contribution in [0.2, 0.25) is 0 Å². The molecule has 0 saturated carbocycles. The highest BCUT2D eigenvalue weighted by Crippen LogP contribution is 2.25. The van der Waals surface area contributed by atoms with Crippen molar-refractivity contribution < 1.29 is 4.42 Å². The molecule has 0 aliphatic carbocycles. The molecule has 1 atom stereocenters. The van der Waals surface area contributed by atoms with Crippen LogP contribution in [0, 0.1) is 0 Å². The molecular weight excluding hydrogens is 206 g/mol. The number of furan rings is 1. The van der Waals surface area contributed by atoms with Crippen molar-refractivity contribution in [1.82, 2.24) is 5.32 Å². The molecule has 2 heterocycles. The third-order valence-electron chi connectivity index (χ3n) is 2.05. The SMILES string of the molecule is Brc1coc(C2CCNC2)c1. The number of halogens is 1. The Hall–Kier alpha value is -0.280. The van der Waals surface area contributed by atoms with E-state index in [1.165, 1.54) is 6.42 Å². The first-order valence-corrected chi connectivity index (χ1v) is 4.60. The average molecular weight is 216 g/mol. The Labute approximate surface area is 74.1 Å². The maximum atomic E-state index is 5.36. The first-order valence-electron chi connectivity index (χ1n) is 3.81. The van der Waals surface area contributed by atoms with Gasteiger partial charge in [-0.15, -0.1) is 0 Å². The predicted octanol–water partition coefficient (Wildman–Crippen LogP) is 2.12. The van der Waals surface area contributed by atoms with Crippen molar-refractivity contribution in [2.75, 3.05) is 13.1 Å². The summed E-state index contributed by atoms with van der Waals surface area (Å²) < 4.78 is 6.40. The van der Waals surface area contributed by atoms with Gasteiger partial charge in [-0.25, -0.2) is 0 Å². The molecule has 60 valence electrons. The standard InChI is InChI=1S/C8H10BrNO/c9-7-3-8(11-5-7)6-1-2-10-4-6/h3,5-6,10H,1-2,4H2. The van der Waals surface area contributed by atoms with Gasteiger partial charge < -0.3 is 9.73 Å². The second kappa shape index (κ2) is 2.99. The van der Waals surface area contributed by atoms with E-state index in [2.05, 4.69) is 27.3 Å². The molecule has 0 radical (unpaired) electrons. The summed E-state index contributed by atoms with van der Waals surface area (Å²) in [7, 11) is 0. The first-order chi connectivity index (χ1) is 5.36. The molecule has 0 spiro atoms. The number of hydrogen-bond acceptors (Lipinski definition) is 2. The first kappa shape index (κ1) is 7.37. The Morgan fingerprint density at radius 2 is 2.55 bits per heavy atom. The second-order valence-corrected chi connectivity index (χ2v) is 3.77.